The van der Waals surface area contributed by atoms with Crippen molar-refractivity contribution in [3.63, 3.8) is 0 Å². The standard InChI is InChI=1S/C21H19F3NOP/c22-21(23,24)20(25,17-10-4-1-5-11-17)16-27(26,18-12-6-2-7-13-18)19-14-8-3-9-15-19/h1-15H,16,25H2. The second-order valence-corrected chi connectivity index (χ2v) is 9.23. The highest BCUT2D eigenvalue weighted by Gasteiger charge is 2.56. The summed E-state index contributed by atoms with van der Waals surface area (Å²) in [7, 11) is -3.65. The predicted octanol–water partition coefficient (Wildman–Crippen LogP) is 4.42. The number of hydrogen-bond acceptors (Lipinski definition) is 2. The van der Waals surface area contributed by atoms with Gasteiger partial charge in [0.25, 0.3) is 0 Å². The molecule has 0 spiro atoms. The van der Waals surface area contributed by atoms with Gasteiger partial charge in [-0.15, -0.1) is 0 Å². The zero-order valence-corrected chi connectivity index (χ0v) is 15.3. The summed E-state index contributed by atoms with van der Waals surface area (Å²) < 4.78 is 56.4. The molecule has 0 aliphatic heterocycles. The lowest BCUT2D eigenvalue weighted by Crippen LogP contribution is -2.54. The van der Waals surface area contributed by atoms with E-state index < -0.39 is 25.0 Å². The smallest absolute Gasteiger partial charge is 0.314 e. The SMILES string of the molecule is NC(CP(=O)(c1ccccc1)c1ccccc1)(c1ccccc1)C(F)(F)F. The lowest BCUT2D eigenvalue weighted by molar-refractivity contribution is -0.182. The molecule has 140 valence electrons. The Bertz CT molecular complexity index is 886. The quantitative estimate of drug-likeness (QED) is 0.657. The second kappa shape index (κ2) is 7.34. The van der Waals surface area contributed by atoms with Gasteiger partial charge in [-0.05, 0) is 5.56 Å². The van der Waals surface area contributed by atoms with Crippen LogP contribution >= 0.6 is 7.14 Å². The van der Waals surface area contributed by atoms with E-state index >= 15 is 0 Å². The Morgan fingerprint density at radius 1 is 0.704 bits per heavy atom. The number of benzene rings is 3. The van der Waals surface area contributed by atoms with Crippen molar-refractivity contribution in [2.45, 2.75) is 11.7 Å². The molecule has 0 saturated carbocycles. The molecular weight excluding hydrogens is 370 g/mol. The van der Waals surface area contributed by atoms with Crippen LogP contribution in [0.2, 0.25) is 0 Å². The van der Waals surface area contributed by atoms with Gasteiger partial charge in [0, 0.05) is 16.8 Å². The average molecular weight is 389 g/mol. The van der Waals surface area contributed by atoms with Crippen LogP contribution in [-0.4, -0.2) is 12.3 Å². The van der Waals surface area contributed by atoms with Crippen LogP contribution in [0.25, 0.3) is 0 Å². The van der Waals surface area contributed by atoms with E-state index in [4.69, 9.17) is 5.73 Å². The second-order valence-electron chi connectivity index (χ2n) is 6.40. The summed E-state index contributed by atoms with van der Waals surface area (Å²) in [5, 5.41) is 0.706. The van der Waals surface area contributed by atoms with Crippen LogP contribution < -0.4 is 16.3 Å². The monoisotopic (exact) mass is 389 g/mol. The molecule has 0 aliphatic carbocycles. The lowest BCUT2D eigenvalue weighted by Gasteiger charge is -2.36. The van der Waals surface area contributed by atoms with Crippen molar-refractivity contribution in [1.29, 1.82) is 0 Å². The summed E-state index contributed by atoms with van der Waals surface area (Å²) in [6.45, 7) is 0. The maximum absolute atomic E-state index is 14.1. The van der Waals surface area contributed by atoms with Gasteiger partial charge < -0.3 is 10.3 Å². The van der Waals surface area contributed by atoms with Gasteiger partial charge in [-0.1, -0.05) is 91.0 Å². The van der Waals surface area contributed by atoms with Gasteiger partial charge in [0.15, 0.2) is 0 Å². The van der Waals surface area contributed by atoms with E-state index in [1.165, 1.54) is 24.3 Å². The first kappa shape index (κ1) is 19.4. The number of alkyl halides is 3. The molecule has 2 N–H and O–H groups in total. The molecule has 0 aromatic heterocycles. The van der Waals surface area contributed by atoms with Gasteiger partial charge >= 0.3 is 6.18 Å². The van der Waals surface area contributed by atoms with E-state index in [2.05, 4.69) is 0 Å². The van der Waals surface area contributed by atoms with Crippen LogP contribution in [0.5, 0.6) is 0 Å². The van der Waals surface area contributed by atoms with E-state index in [1.807, 2.05) is 0 Å². The van der Waals surface area contributed by atoms with E-state index in [9.17, 15) is 17.7 Å². The first-order chi connectivity index (χ1) is 12.8. The Labute approximate surface area is 156 Å². The Morgan fingerprint density at radius 2 is 1.07 bits per heavy atom. The van der Waals surface area contributed by atoms with Crippen molar-refractivity contribution >= 4 is 17.8 Å². The molecule has 1 unspecified atom stereocenters. The van der Waals surface area contributed by atoms with Gasteiger partial charge in [-0.25, -0.2) is 0 Å². The van der Waals surface area contributed by atoms with Crippen LogP contribution in [0.15, 0.2) is 91.0 Å². The zero-order valence-electron chi connectivity index (χ0n) is 14.4. The summed E-state index contributed by atoms with van der Waals surface area (Å²) in [5.74, 6) is 0. The summed E-state index contributed by atoms with van der Waals surface area (Å²) in [6, 6.07) is 23.8. The van der Waals surface area contributed by atoms with E-state index in [1.54, 1.807) is 66.7 Å². The van der Waals surface area contributed by atoms with Gasteiger partial charge in [0.1, 0.15) is 12.7 Å². The molecular formula is C21H19F3NOP. The topological polar surface area (TPSA) is 43.1 Å². The minimum Gasteiger partial charge on any atom is -0.314 e. The first-order valence-electron chi connectivity index (χ1n) is 8.39. The van der Waals surface area contributed by atoms with Gasteiger partial charge in [0.05, 0.1) is 0 Å². The van der Waals surface area contributed by atoms with E-state index in [0.717, 1.165) is 0 Å². The number of rotatable bonds is 5. The summed E-state index contributed by atoms with van der Waals surface area (Å²) in [5.41, 5.74) is 3.11. The summed E-state index contributed by atoms with van der Waals surface area (Å²) >= 11 is 0. The highest BCUT2D eigenvalue weighted by Crippen LogP contribution is 2.52. The summed E-state index contributed by atoms with van der Waals surface area (Å²) in [4.78, 5) is 0. The van der Waals surface area contributed by atoms with Crippen LogP contribution in [0, 0.1) is 0 Å². The maximum atomic E-state index is 14.1. The Morgan fingerprint density at radius 3 is 1.44 bits per heavy atom. The van der Waals surface area contributed by atoms with Crippen molar-refractivity contribution < 1.29 is 17.7 Å². The van der Waals surface area contributed by atoms with E-state index in [0.29, 0.717) is 10.6 Å². The third kappa shape index (κ3) is 3.71. The fourth-order valence-electron chi connectivity index (χ4n) is 3.10. The van der Waals surface area contributed by atoms with E-state index in [-0.39, 0.29) is 5.56 Å². The van der Waals surface area contributed by atoms with Crippen molar-refractivity contribution in [1.82, 2.24) is 0 Å². The Hall–Kier alpha value is -2.36. The molecule has 0 fully saturated rings. The normalized spacial score (nSPS) is 14.5. The Kier molecular flexibility index (Phi) is 5.27. The molecule has 0 radical (unpaired) electrons. The Balaban J connectivity index is 2.20. The van der Waals surface area contributed by atoms with Crippen LogP contribution in [0.4, 0.5) is 13.2 Å². The van der Waals surface area contributed by atoms with Crippen molar-refractivity contribution in [2.24, 2.45) is 5.73 Å². The molecule has 0 bridgehead atoms. The van der Waals surface area contributed by atoms with Crippen LogP contribution in [0.3, 0.4) is 0 Å². The fourth-order valence-corrected chi connectivity index (χ4v) is 6.14. The first-order valence-corrected chi connectivity index (χ1v) is 10.3. The third-order valence-electron chi connectivity index (χ3n) is 4.61. The van der Waals surface area contributed by atoms with Gasteiger partial charge in [-0.2, -0.15) is 13.2 Å². The maximum Gasteiger partial charge on any atom is 0.411 e. The number of nitrogens with two attached hydrogens (primary N) is 1. The van der Waals surface area contributed by atoms with Gasteiger partial charge in [0.2, 0.25) is 0 Å². The molecule has 2 nitrogen and oxygen atoms in total. The minimum atomic E-state index is -4.77. The van der Waals surface area contributed by atoms with Crippen molar-refractivity contribution in [3.05, 3.63) is 96.6 Å². The zero-order chi connectivity index (χ0) is 19.5. The molecule has 6 heteroatoms. The van der Waals surface area contributed by atoms with Crippen LogP contribution in [-0.2, 0) is 10.1 Å². The summed E-state index contributed by atoms with van der Waals surface area (Å²) in [6.07, 6.45) is -5.52. The van der Waals surface area contributed by atoms with Crippen molar-refractivity contribution in [2.75, 3.05) is 6.16 Å². The predicted molar refractivity (Wildman–Crippen MR) is 103 cm³/mol. The number of halogens is 3. The molecule has 3 rings (SSSR count). The molecule has 3 aromatic carbocycles. The molecule has 27 heavy (non-hydrogen) atoms. The molecule has 0 saturated heterocycles. The molecule has 3 aromatic rings. The molecule has 0 heterocycles. The average Bonchev–Trinajstić information content (AvgIpc) is 2.69. The highest BCUT2D eigenvalue weighted by molar-refractivity contribution is 7.78. The lowest BCUT2D eigenvalue weighted by atomic mass is 9.92. The minimum absolute atomic E-state index is 0.107. The van der Waals surface area contributed by atoms with Crippen molar-refractivity contribution in [3.8, 4) is 0 Å². The molecule has 0 amide bonds. The van der Waals surface area contributed by atoms with Crippen LogP contribution in [0.1, 0.15) is 5.56 Å². The molecule has 1 atom stereocenters. The molecule has 0 aliphatic rings. The van der Waals surface area contributed by atoms with Gasteiger partial charge in [-0.3, -0.25) is 0 Å². The fraction of sp³-hybridized carbons (Fsp3) is 0.143. The largest absolute Gasteiger partial charge is 0.411 e. The third-order valence-corrected chi connectivity index (χ3v) is 7.82. The number of hydrogen-bond donors (Lipinski definition) is 1. The highest BCUT2D eigenvalue weighted by atomic mass is 31.2.